The molecule has 2 N–H and O–H groups in total. The second-order valence-electron chi connectivity index (χ2n) is 6.03. The molecule has 2 unspecified atom stereocenters. The smallest absolute Gasteiger partial charge is 0.126 e. The van der Waals surface area contributed by atoms with Gasteiger partial charge in [0.1, 0.15) is 5.76 Å². The highest BCUT2D eigenvalue weighted by Gasteiger charge is 2.30. The van der Waals surface area contributed by atoms with E-state index in [2.05, 4.69) is 40.6 Å². The molecule has 1 aromatic carbocycles. The van der Waals surface area contributed by atoms with Gasteiger partial charge in [0.25, 0.3) is 0 Å². The zero-order valence-corrected chi connectivity index (χ0v) is 13.3. The largest absolute Gasteiger partial charge is 0.465 e. The molecule has 1 fully saturated rings. The van der Waals surface area contributed by atoms with Crippen LogP contribution >= 0.6 is 0 Å². The van der Waals surface area contributed by atoms with Gasteiger partial charge in [-0.05, 0) is 30.2 Å². The molecular weight excluding hydrogens is 288 g/mol. The predicted octanol–water partition coefficient (Wildman–Crippen LogP) is 2.52. The number of hydrogen-bond donors (Lipinski definition) is 2. The van der Waals surface area contributed by atoms with Gasteiger partial charge < -0.3 is 14.8 Å². The van der Waals surface area contributed by atoms with Crippen LogP contribution in [0.2, 0.25) is 0 Å². The van der Waals surface area contributed by atoms with Gasteiger partial charge in [-0.2, -0.15) is 0 Å². The van der Waals surface area contributed by atoms with Gasteiger partial charge in [0.15, 0.2) is 0 Å². The van der Waals surface area contributed by atoms with E-state index in [9.17, 15) is 5.11 Å². The first kappa shape index (κ1) is 16.0. The molecule has 2 heterocycles. The molecule has 1 aliphatic rings. The van der Waals surface area contributed by atoms with Gasteiger partial charge in [-0.15, -0.1) is 0 Å². The highest BCUT2D eigenvalue weighted by atomic mass is 16.3. The maximum absolute atomic E-state index is 9.98. The second-order valence-corrected chi connectivity index (χ2v) is 6.03. The lowest BCUT2D eigenvalue weighted by Gasteiger charge is -2.24. The van der Waals surface area contributed by atoms with Crippen LogP contribution in [0, 0.1) is 0 Å². The van der Waals surface area contributed by atoms with E-state index in [1.807, 2.05) is 24.3 Å². The molecule has 1 aliphatic heterocycles. The Morgan fingerprint density at radius 3 is 2.87 bits per heavy atom. The van der Waals surface area contributed by atoms with Crippen LogP contribution in [0.5, 0.6) is 0 Å². The Labute approximate surface area is 137 Å². The van der Waals surface area contributed by atoms with Crippen molar-refractivity contribution in [3.05, 3.63) is 66.1 Å². The number of nitrogens with zero attached hydrogens (tertiary/aromatic N) is 1. The molecule has 1 aromatic heterocycles. The third-order valence-electron chi connectivity index (χ3n) is 4.20. The zero-order valence-electron chi connectivity index (χ0n) is 13.3. The van der Waals surface area contributed by atoms with E-state index < -0.39 is 0 Å². The third-order valence-corrected chi connectivity index (χ3v) is 4.20. The first-order chi connectivity index (χ1) is 11.3. The maximum atomic E-state index is 9.98. The minimum absolute atomic E-state index is 0.218. The standard InChI is InChI=1S/C19H24N2O2/c22-18-12-17(13-20-10-4-8-19-9-5-11-23-19)21(15-18)14-16-6-2-1-3-7-16/h1-9,11,17-18,20,22H,10,12-15H2/b8-4+. The Kier molecular flexibility index (Phi) is 5.64. The lowest BCUT2D eigenvalue weighted by molar-refractivity contribution is 0.172. The highest BCUT2D eigenvalue weighted by molar-refractivity contribution is 5.42. The summed E-state index contributed by atoms with van der Waals surface area (Å²) in [5, 5.41) is 13.4. The van der Waals surface area contributed by atoms with Crippen molar-refractivity contribution >= 4 is 6.08 Å². The summed E-state index contributed by atoms with van der Waals surface area (Å²) in [4.78, 5) is 2.36. The van der Waals surface area contributed by atoms with Crippen LogP contribution in [-0.2, 0) is 6.54 Å². The van der Waals surface area contributed by atoms with Gasteiger partial charge in [0.05, 0.1) is 12.4 Å². The molecule has 0 amide bonds. The molecule has 4 heteroatoms. The molecule has 0 saturated carbocycles. The van der Waals surface area contributed by atoms with E-state index in [4.69, 9.17) is 4.42 Å². The number of nitrogens with one attached hydrogen (secondary N) is 1. The number of hydrogen-bond acceptors (Lipinski definition) is 4. The SMILES string of the molecule is OC1CC(CNC/C=C/c2ccco2)N(Cc2ccccc2)C1. The summed E-state index contributed by atoms with van der Waals surface area (Å²) in [7, 11) is 0. The maximum Gasteiger partial charge on any atom is 0.126 e. The van der Waals surface area contributed by atoms with E-state index in [-0.39, 0.29) is 6.10 Å². The van der Waals surface area contributed by atoms with Crippen LogP contribution in [-0.4, -0.2) is 41.8 Å². The summed E-state index contributed by atoms with van der Waals surface area (Å²) in [5.74, 6) is 0.869. The van der Waals surface area contributed by atoms with E-state index in [1.54, 1.807) is 6.26 Å². The van der Waals surface area contributed by atoms with Gasteiger partial charge in [-0.25, -0.2) is 0 Å². The Bertz CT molecular complexity index is 595. The Balaban J connectivity index is 1.45. The van der Waals surface area contributed by atoms with E-state index in [1.165, 1.54) is 5.56 Å². The van der Waals surface area contributed by atoms with Crippen molar-refractivity contribution in [2.24, 2.45) is 0 Å². The van der Waals surface area contributed by atoms with Crippen LogP contribution in [0.15, 0.2) is 59.2 Å². The van der Waals surface area contributed by atoms with Crippen LogP contribution < -0.4 is 5.32 Å². The molecule has 4 nitrogen and oxygen atoms in total. The minimum Gasteiger partial charge on any atom is -0.465 e. The first-order valence-corrected chi connectivity index (χ1v) is 8.18. The summed E-state index contributed by atoms with van der Waals surface area (Å²) >= 11 is 0. The summed E-state index contributed by atoms with van der Waals surface area (Å²) in [6.45, 7) is 3.33. The van der Waals surface area contributed by atoms with Crippen molar-refractivity contribution in [1.82, 2.24) is 10.2 Å². The molecule has 0 radical (unpaired) electrons. The minimum atomic E-state index is -0.218. The molecule has 122 valence electrons. The van der Waals surface area contributed by atoms with Crippen molar-refractivity contribution in [1.29, 1.82) is 0 Å². The summed E-state index contributed by atoms with van der Waals surface area (Å²) in [6.07, 6.45) is 6.32. The topological polar surface area (TPSA) is 48.6 Å². The normalized spacial score (nSPS) is 22.1. The van der Waals surface area contributed by atoms with Crippen molar-refractivity contribution in [2.45, 2.75) is 25.1 Å². The highest BCUT2D eigenvalue weighted by Crippen LogP contribution is 2.20. The molecule has 0 spiro atoms. The van der Waals surface area contributed by atoms with Crippen molar-refractivity contribution in [3.63, 3.8) is 0 Å². The van der Waals surface area contributed by atoms with Crippen LogP contribution in [0.3, 0.4) is 0 Å². The molecule has 1 saturated heterocycles. The lowest BCUT2D eigenvalue weighted by Crippen LogP contribution is -2.37. The van der Waals surface area contributed by atoms with Crippen molar-refractivity contribution in [2.75, 3.05) is 19.6 Å². The van der Waals surface area contributed by atoms with Gasteiger partial charge in [-0.1, -0.05) is 36.4 Å². The number of aliphatic hydroxyl groups is 1. The number of likely N-dealkylation sites (tertiary alicyclic amines) is 1. The van der Waals surface area contributed by atoms with E-state index in [0.717, 1.165) is 38.4 Å². The molecule has 3 rings (SSSR count). The molecular formula is C19H24N2O2. The number of furan rings is 1. The van der Waals surface area contributed by atoms with Gasteiger partial charge >= 0.3 is 0 Å². The first-order valence-electron chi connectivity index (χ1n) is 8.18. The molecule has 2 aromatic rings. The summed E-state index contributed by atoms with van der Waals surface area (Å²) in [5.41, 5.74) is 1.30. The average Bonchev–Trinajstić information content (AvgIpc) is 3.18. The van der Waals surface area contributed by atoms with Crippen LogP contribution in [0.4, 0.5) is 0 Å². The number of β-amino-alcohol motifs (C(OH)–C–C–N with tert-alkyl or cyclic N) is 1. The molecule has 23 heavy (non-hydrogen) atoms. The van der Waals surface area contributed by atoms with Gasteiger partial charge in [0, 0.05) is 32.2 Å². The quantitative estimate of drug-likeness (QED) is 0.771. The lowest BCUT2D eigenvalue weighted by atomic mass is 10.1. The zero-order chi connectivity index (χ0) is 15.9. The van der Waals surface area contributed by atoms with Gasteiger partial charge in [-0.3, -0.25) is 4.90 Å². The molecule has 0 bridgehead atoms. The van der Waals surface area contributed by atoms with Crippen molar-refractivity contribution in [3.8, 4) is 0 Å². The Hall–Kier alpha value is -1.88. The fourth-order valence-electron chi connectivity index (χ4n) is 3.08. The number of rotatable bonds is 7. The van der Waals surface area contributed by atoms with Gasteiger partial charge in [0.2, 0.25) is 0 Å². The predicted molar refractivity (Wildman–Crippen MR) is 91.9 cm³/mol. The summed E-state index contributed by atoms with van der Waals surface area (Å²) in [6, 6.07) is 14.6. The number of benzene rings is 1. The van der Waals surface area contributed by atoms with Crippen LogP contribution in [0.1, 0.15) is 17.7 Å². The van der Waals surface area contributed by atoms with Crippen molar-refractivity contribution < 1.29 is 9.52 Å². The average molecular weight is 312 g/mol. The fraction of sp³-hybridized carbons (Fsp3) is 0.368. The molecule has 0 aliphatic carbocycles. The van der Waals surface area contributed by atoms with Crippen LogP contribution in [0.25, 0.3) is 6.08 Å². The Morgan fingerprint density at radius 1 is 1.22 bits per heavy atom. The number of aliphatic hydroxyl groups excluding tert-OH is 1. The fourth-order valence-corrected chi connectivity index (χ4v) is 3.08. The Morgan fingerprint density at radius 2 is 2.09 bits per heavy atom. The summed E-state index contributed by atoms with van der Waals surface area (Å²) < 4.78 is 5.26. The second kappa shape index (κ2) is 8.11. The molecule has 2 atom stereocenters. The third kappa shape index (κ3) is 4.79. The van der Waals surface area contributed by atoms with E-state index in [0.29, 0.717) is 6.04 Å². The monoisotopic (exact) mass is 312 g/mol. The van der Waals surface area contributed by atoms with E-state index >= 15 is 0 Å².